The van der Waals surface area contributed by atoms with E-state index in [1.807, 2.05) is 6.07 Å². The smallest absolute Gasteiger partial charge is 0.332 e. The first-order chi connectivity index (χ1) is 11.4. The van der Waals surface area contributed by atoms with Crippen LogP contribution in [-0.2, 0) is 14.1 Å². The molecule has 0 bridgehead atoms. The van der Waals surface area contributed by atoms with Crippen LogP contribution in [0.5, 0.6) is 0 Å². The van der Waals surface area contributed by atoms with E-state index in [1.54, 1.807) is 7.05 Å². The predicted octanol–water partition coefficient (Wildman–Crippen LogP) is 0.878. The molecule has 132 valence electrons. The minimum atomic E-state index is -0.554. The van der Waals surface area contributed by atoms with Crippen LogP contribution in [0.1, 0.15) is 37.7 Å². The SMILES string of the molecule is CN(C)C(CNc1c(C#N)c(=O)n(C)c(=O)n1C)C1CCCCC1. The molecule has 1 unspecified atom stereocenters. The predicted molar refractivity (Wildman–Crippen MR) is 94.2 cm³/mol. The van der Waals surface area contributed by atoms with Crippen LogP contribution in [-0.4, -0.2) is 40.7 Å². The molecule has 1 saturated carbocycles. The van der Waals surface area contributed by atoms with Gasteiger partial charge in [-0.2, -0.15) is 5.26 Å². The van der Waals surface area contributed by atoms with Crippen LogP contribution in [0.3, 0.4) is 0 Å². The van der Waals surface area contributed by atoms with Crippen LogP contribution in [0.25, 0.3) is 0 Å². The van der Waals surface area contributed by atoms with Crippen LogP contribution in [0.15, 0.2) is 9.59 Å². The molecule has 2 rings (SSSR count). The molecule has 7 nitrogen and oxygen atoms in total. The molecular weight excluding hydrogens is 306 g/mol. The Morgan fingerprint density at radius 1 is 1.21 bits per heavy atom. The maximum atomic E-state index is 12.2. The Labute approximate surface area is 142 Å². The summed E-state index contributed by atoms with van der Waals surface area (Å²) in [6, 6.07) is 2.24. The monoisotopic (exact) mass is 333 g/mol. The van der Waals surface area contributed by atoms with Crippen molar-refractivity contribution in [3.63, 3.8) is 0 Å². The number of likely N-dealkylation sites (N-methyl/N-ethyl adjacent to an activating group) is 1. The van der Waals surface area contributed by atoms with Crippen LogP contribution < -0.4 is 16.6 Å². The first kappa shape index (κ1) is 18.3. The summed E-state index contributed by atoms with van der Waals surface area (Å²) in [5, 5.41) is 12.5. The van der Waals surface area contributed by atoms with Gasteiger partial charge in [0.15, 0.2) is 5.56 Å². The molecule has 1 aromatic rings. The second-order valence-electron chi connectivity index (χ2n) is 6.85. The Hall–Kier alpha value is -2.07. The molecule has 1 aromatic heterocycles. The van der Waals surface area contributed by atoms with Crippen LogP contribution >= 0.6 is 0 Å². The number of nitrogens with zero attached hydrogens (tertiary/aromatic N) is 4. The van der Waals surface area contributed by atoms with E-state index in [9.17, 15) is 14.9 Å². The van der Waals surface area contributed by atoms with E-state index in [1.165, 1.54) is 43.7 Å². The van der Waals surface area contributed by atoms with Gasteiger partial charge in [-0.15, -0.1) is 0 Å². The molecule has 7 heteroatoms. The second-order valence-corrected chi connectivity index (χ2v) is 6.85. The quantitative estimate of drug-likeness (QED) is 0.865. The van der Waals surface area contributed by atoms with Crippen molar-refractivity contribution in [2.45, 2.75) is 38.1 Å². The third kappa shape index (κ3) is 3.54. The molecule has 0 aliphatic heterocycles. The fourth-order valence-electron chi connectivity index (χ4n) is 3.64. The number of hydrogen-bond acceptors (Lipinski definition) is 5. The van der Waals surface area contributed by atoms with Gasteiger partial charge in [-0.1, -0.05) is 19.3 Å². The summed E-state index contributed by atoms with van der Waals surface area (Å²) in [6.45, 7) is 0.604. The van der Waals surface area contributed by atoms with Crippen LogP contribution in [0, 0.1) is 17.2 Å². The first-order valence-corrected chi connectivity index (χ1v) is 8.48. The third-order valence-electron chi connectivity index (χ3n) is 5.11. The summed E-state index contributed by atoms with van der Waals surface area (Å²) in [5.41, 5.74) is -0.997. The van der Waals surface area contributed by atoms with Crippen molar-refractivity contribution in [2.24, 2.45) is 20.0 Å². The summed E-state index contributed by atoms with van der Waals surface area (Å²) in [4.78, 5) is 26.5. The van der Waals surface area contributed by atoms with Gasteiger partial charge in [0.1, 0.15) is 11.9 Å². The first-order valence-electron chi connectivity index (χ1n) is 8.48. The normalized spacial score (nSPS) is 16.8. The maximum Gasteiger partial charge on any atom is 0.332 e. The number of nitriles is 1. The third-order valence-corrected chi connectivity index (χ3v) is 5.11. The van der Waals surface area contributed by atoms with Gasteiger partial charge in [-0.3, -0.25) is 13.9 Å². The molecule has 1 N–H and O–H groups in total. The number of anilines is 1. The van der Waals surface area contributed by atoms with Gasteiger partial charge >= 0.3 is 5.69 Å². The van der Waals surface area contributed by atoms with Crippen LogP contribution in [0.2, 0.25) is 0 Å². The topological polar surface area (TPSA) is 83.1 Å². The largest absolute Gasteiger partial charge is 0.369 e. The highest BCUT2D eigenvalue weighted by atomic mass is 16.2. The molecule has 0 aromatic carbocycles. The van der Waals surface area contributed by atoms with E-state index in [0.29, 0.717) is 24.3 Å². The molecule has 1 heterocycles. The number of nitrogens with one attached hydrogen (secondary N) is 1. The Morgan fingerprint density at radius 3 is 2.38 bits per heavy atom. The molecule has 24 heavy (non-hydrogen) atoms. The number of rotatable bonds is 5. The van der Waals surface area contributed by atoms with Gasteiger partial charge in [-0.05, 0) is 32.9 Å². The van der Waals surface area contributed by atoms with Gasteiger partial charge in [0.2, 0.25) is 0 Å². The Morgan fingerprint density at radius 2 is 1.83 bits per heavy atom. The van der Waals surface area contributed by atoms with E-state index in [4.69, 9.17) is 0 Å². The fraction of sp³-hybridized carbons (Fsp3) is 0.706. The summed E-state index contributed by atoms with van der Waals surface area (Å²) >= 11 is 0. The lowest BCUT2D eigenvalue weighted by Gasteiger charge is -2.35. The summed E-state index contributed by atoms with van der Waals surface area (Å²) < 4.78 is 2.31. The van der Waals surface area contributed by atoms with Crippen molar-refractivity contribution < 1.29 is 0 Å². The molecule has 1 aliphatic carbocycles. The highest BCUT2D eigenvalue weighted by Gasteiger charge is 2.26. The molecule has 0 spiro atoms. The van der Waals surface area contributed by atoms with Gasteiger partial charge in [0.25, 0.3) is 5.56 Å². The van der Waals surface area contributed by atoms with Gasteiger partial charge < -0.3 is 10.2 Å². The van der Waals surface area contributed by atoms with E-state index < -0.39 is 11.2 Å². The highest BCUT2D eigenvalue weighted by molar-refractivity contribution is 5.51. The number of hydrogen-bond donors (Lipinski definition) is 1. The molecule has 1 aliphatic rings. The lowest BCUT2D eigenvalue weighted by atomic mass is 9.83. The van der Waals surface area contributed by atoms with Crippen molar-refractivity contribution in [2.75, 3.05) is 26.0 Å². The Bertz CT molecular complexity index is 735. The average molecular weight is 333 g/mol. The van der Waals surface area contributed by atoms with Crippen molar-refractivity contribution in [1.29, 1.82) is 5.26 Å². The second kappa shape index (κ2) is 7.67. The summed E-state index contributed by atoms with van der Waals surface area (Å²) in [6.07, 6.45) is 6.20. The van der Waals surface area contributed by atoms with E-state index in [2.05, 4.69) is 24.3 Å². The Balaban J connectivity index is 2.28. The molecule has 0 amide bonds. The molecule has 1 atom stereocenters. The zero-order chi connectivity index (χ0) is 17.9. The lowest BCUT2D eigenvalue weighted by molar-refractivity contribution is 0.179. The molecule has 0 saturated heterocycles. The number of aromatic nitrogens is 2. The van der Waals surface area contributed by atoms with Crippen molar-refractivity contribution in [1.82, 2.24) is 14.0 Å². The van der Waals surface area contributed by atoms with Gasteiger partial charge in [-0.25, -0.2) is 4.79 Å². The fourth-order valence-corrected chi connectivity index (χ4v) is 3.64. The van der Waals surface area contributed by atoms with Gasteiger partial charge in [0, 0.05) is 26.7 Å². The maximum absolute atomic E-state index is 12.2. The molecular formula is C17H27N5O2. The van der Waals surface area contributed by atoms with Gasteiger partial charge in [0.05, 0.1) is 0 Å². The average Bonchev–Trinajstić information content (AvgIpc) is 2.58. The molecule has 0 radical (unpaired) electrons. The highest BCUT2D eigenvalue weighted by Crippen LogP contribution is 2.28. The summed E-state index contributed by atoms with van der Waals surface area (Å²) in [5.74, 6) is 0.906. The minimum Gasteiger partial charge on any atom is -0.369 e. The van der Waals surface area contributed by atoms with Crippen molar-refractivity contribution in [3.05, 3.63) is 26.4 Å². The zero-order valence-electron chi connectivity index (χ0n) is 15.0. The zero-order valence-corrected chi connectivity index (χ0v) is 15.0. The van der Waals surface area contributed by atoms with Crippen LogP contribution in [0.4, 0.5) is 5.82 Å². The standard InChI is InChI=1S/C17H27N5O2/c1-20(2)14(12-8-6-5-7-9-12)11-19-15-13(10-18)16(23)22(4)17(24)21(15)3/h12,14,19H,5-9,11H2,1-4H3. The lowest BCUT2D eigenvalue weighted by Crippen LogP contribution is -2.44. The van der Waals surface area contributed by atoms with E-state index in [0.717, 1.165) is 4.57 Å². The minimum absolute atomic E-state index is 0.0132. The van der Waals surface area contributed by atoms with Crippen molar-refractivity contribution >= 4 is 5.82 Å². The van der Waals surface area contributed by atoms with Crippen molar-refractivity contribution in [3.8, 4) is 6.07 Å². The Kier molecular flexibility index (Phi) is 5.84. The van der Waals surface area contributed by atoms with E-state index in [-0.39, 0.29) is 5.56 Å². The van der Waals surface area contributed by atoms with E-state index >= 15 is 0 Å². The molecule has 1 fully saturated rings. The summed E-state index contributed by atoms with van der Waals surface area (Å²) in [7, 11) is 7.07.